The van der Waals surface area contributed by atoms with E-state index in [0.717, 1.165) is 6.42 Å². The Morgan fingerprint density at radius 1 is 1.32 bits per heavy atom. The standard InChI is InChI=1S/C18H24O4/c1-16(2)12-8-13(20)18(21)11(15(12)16)5-4-6-17(18)9-10(19)7-14(17)22-3/h4,6-7,11-13,15,20-21H,5,8-9H2,1-3H3/t11-,12+,13+,15-,17+,18-/m0/s1. The molecule has 0 radical (unpaired) electrons. The molecule has 0 aromatic rings. The topological polar surface area (TPSA) is 66.8 Å². The molecule has 22 heavy (non-hydrogen) atoms. The highest BCUT2D eigenvalue weighted by molar-refractivity contribution is 5.94. The van der Waals surface area contributed by atoms with Crippen molar-refractivity contribution in [2.75, 3.05) is 7.11 Å². The Bertz CT molecular complexity index is 604. The third kappa shape index (κ3) is 1.39. The van der Waals surface area contributed by atoms with E-state index in [4.69, 9.17) is 4.74 Å². The summed E-state index contributed by atoms with van der Waals surface area (Å²) in [6, 6.07) is 0. The molecule has 0 heterocycles. The number of ether oxygens (including phenoxy) is 1. The second kappa shape index (κ2) is 4.04. The van der Waals surface area contributed by atoms with Gasteiger partial charge in [-0.1, -0.05) is 26.0 Å². The number of hydrogen-bond acceptors (Lipinski definition) is 4. The van der Waals surface area contributed by atoms with Gasteiger partial charge in [-0.15, -0.1) is 0 Å². The van der Waals surface area contributed by atoms with Crippen LogP contribution in [0.15, 0.2) is 24.0 Å². The molecule has 2 fully saturated rings. The van der Waals surface area contributed by atoms with Gasteiger partial charge in [0, 0.05) is 12.5 Å². The van der Waals surface area contributed by atoms with Crippen LogP contribution >= 0.6 is 0 Å². The van der Waals surface area contributed by atoms with Crippen molar-refractivity contribution in [1.29, 1.82) is 0 Å². The molecule has 120 valence electrons. The van der Waals surface area contributed by atoms with Crippen molar-refractivity contribution >= 4 is 5.78 Å². The Hall–Kier alpha value is -1.13. The summed E-state index contributed by atoms with van der Waals surface area (Å²) in [6.07, 6.45) is 6.18. The van der Waals surface area contributed by atoms with E-state index < -0.39 is 17.1 Å². The van der Waals surface area contributed by atoms with Crippen LogP contribution in [0.1, 0.15) is 33.1 Å². The summed E-state index contributed by atoms with van der Waals surface area (Å²) in [5.74, 6) is 1.29. The van der Waals surface area contributed by atoms with Crippen LogP contribution in [0.25, 0.3) is 0 Å². The molecule has 1 spiro atoms. The molecule has 4 heteroatoms. The zero-order valence-electron chi connectivity index (χ0n) is 13.4. The summed E-state index contributed by atoms with van der Waals surface area (Å²) < 4.78 is 5.46. The molecular formula is C18H24O4. The molecule has 4 aliphatic rings. The maximum Gasteiger partial charge on any atom is 0.160 e. The molecule has 4 aliphatic carbocycles. The van der Waals surface area contributed by atoms with Gasteiger partial charge in [-0.25, -0.2) is 0 Å². The highest BCUT2D eigenvalue weighted by atomic mass is 16.5. The molecular weight excluding hydrogens is 280 g/mol. The molecule has 4 nitrogen and oxygen atoms in total. The minimum atomic E-state index is -1.31. The number of carbonyl (C=O) groups is 1. The molecule has 0 saturated heterocycles. The quantitative estimate of drug-likeness (QED) is 0.725. The lowest BCUT2D eigenvalue weighted by atomic mass is 9.54. The summed E-state index contributed by atoms with van der Waals surface area (Å²) in [7, 11) is 1.53. The first-order valence-electron chi connectivity index (χ1n) is 8.16. The minimum Gasteiger partial charge on any atom is -0.500 e. The van der Waals surface area contributed by atoms with E-state index in [9.17, 15) is 15.0 Å². The lowest BCUT2D eigenvalue weighted by Gasteiger charge is -2.55. The zero-order valence-corrected chi connectivity index (χ0v) is 13.4. The van der Waals surface area contributed by atoms with Gasteiger partial charge in [0.25, 0.3) is 0 Å². The van der Waals surface area contributed by atoms with E-state index in [2.05, 4.69) is 19.9 Å². The van der Waals surface area contributed by atoms with Gasteiger partial charge in [0.15, 0.2) is 5.78 Å². The van der Waals surface area contributed by atoms with Crippen LogP contribution in [0.2, 0.25) is 0 Å². The first-order chi connectivity index (χ1) is 10.3. The fraction of sp³-hybridized carbons (Fsp3) is 0.722. The van der Waals surface area contributed by atoms with Crippen molar-refractivity contribution < 1.29 is 19.7 Å². The number of ketones is 1. The van der Waals surface area contributed by atoms with Gasteiger partial charge in [-0.05, 0) is 36.0 Å². The molecule has 0 unspecified atom stereocenters. The SMILES string of the molecule is COC1=CC(=O)C[C@]12C=CC[C@H]1[C@H]3[C@@H](C[C@@H](O)[C@@]12O)C3(C)C. The number of hydrogen-bond donors (Lipinski definition) is 2. The predicted octanol–water partition coefficient (Wildman–Crippen LogP) is 1.82. The number of allylic oxidation sites excluding steroid dienone is 2. The van der Waals surface area contributed by atoms with Crippen LogP contribution in [0.3, 0.4) is 0 Å². The van der Waals surface area contributed by atoms with Crippen LogP contribution in [0.4, 0.5) is 0 Å². The fourth-order valence-corrected chi connectivity index (χ4v) is 5.89. The third-order valence-corrected chi connectivity index (χ3v) is 7.03. The van der Waals surface area contributed by atoms with Crippen LogP contribution in [0.5, 0.6) is 0 Å². The van der Waals surface area contributed by atoms with E-state index in [1.807, 2.05) is 6.08 Å². The molecule has 0 amide bonds. The van der Waals surface area contributed by atoms with Crippen molar-refractivity contribution in [3.05, 3.63) is 24.0 Å². The van der Waals surface area contributed by atoms with E-state index in [1.165, 1.54) is 13.2 Å². The van der Waals surface area contributed by atoms with E-state index in [-0.39, 0.29) is 23.5 Å². The van der Waals surface area contributed by atoms with Gasteiger partial charge < -0.3 is 14.9 Å². The second-order valence-electron chi connectivity index (χ2n) is 8.10. The number of methoxy groups -OCH3 is 1. The first kappa shape index (κ1) is 14.5. The molecule has 2 N–H and O–H groups in total. The molecule has 0 aromatic carbocycles. The molecule has 0 aromatic heterocycles. The Morgan fingerprint density at radius 2 is 2.05 bits per heavy atom. The molecule has 2 saturated carbocycles. The molecule has 0 bridgehead atoms. The Labute approximate surface area is 130 Å². The van der Waals surface area contributed by atoms with Gasteiger partial charge in [-0.3, -0.25) is 4.79 Å². The summed E-state index contributed by atoms with van der Waals surface area (Å²) in [6.45, 7) is 4.44. The van der Waals surface area contributed by atoms with Crippen molar-refractivity contribution in [3.63, 3.8) is 0 Å². The van der Waals surface area contributed by atoms with Gasteiger partial charge in [-0.2, -0.15) is 0 Å². The maximum absolute atomic E-state index is 12.0. The number of aliphatic hydroxyl groups excluding tert-OH is 1. The molecule has 0 aliphatic heterocycles. The lowest BCUT2D eigenvalue weighted by molar-refractivity contribution is -0.199. The second-order valence-corrected chi connectivity index (χ2v) is 8.10. The van der Waals surface area contributed by atoms with Crippen LogP contribution in [-0.2, 0) is 9.53 Å². The van der Waals surface area contributed by atoms with Gasteiger partial charge in [0.1, 0.15) is 11.4 Å². The number of aliphatic hydroxyl groups is 2. The number of fused-ring (bicyclic) bond motifs is 4. The normalized spacial score (nSPS) is 51.3. The number of rotatable bonds is 1. The van der Waals surface area contributed by atoms with Crippen LogP contribution in [-0.4, -0.2) is 34.8 Å². The summed E-state index contributed by atoms with van der Waals surface area (Å²) in [5, 5.41) is 22.5. The summed E-state index contributed by atoms with van der Waals surface area (Å²) in [4.78, 5) is 12.0. The van der Waals surface area contributed by atoms with Gasteiger partial charge in [0.05, 0.1) is 18.6 Å². The van der Waals surface area contributed by atoms with Gasteiger partial charge >= 0.3 is 0 Å². The monoisotopic (exact) mass is 304 g/mol. The van der Waals surface area contributed by atoms with Crippen LogP contribution < -0.4 is 0 Å². The highest BCUT2D eigenvalue weighted by Gasteiger charge is 2.75. The third-order valence-electron chi connectivity index (χ3n) is 7.03. The van der Waals surface area contributed by atoms with E-state index >= 15 is 0 Å². The summed E-state index contributed by atoms with van der Waals surface area (Å²) >= 11 is 0. The van der Waals surface area contributed by atoms with Crippen LogP contribution in [0, 0.1) is 28.6 Å². The molecule has 4 rings (SSSR count). The summed E-state index contributed by atoms with van der Waals surface area (Å²) in [5.41, 5.74) is -2.06. The minimum absolute atomic E-state index is 0.0225. The number of carbonyl (C=O) groups excluding carboxylic acids is 1. The first-order valence-corrected chi connectivity index (χ1v) is 8.16. The largest absolute Gasteiger partial charge is 0.500 e. The Balaban J connectivity index is 1.86. The molecule has 6 atom stereocenters. The fourth-order valence-electron chi connectivity index (χ4n) is 5.89. The van der Waals surface area contributed by atoms with Crippen molar-refractivity contribution in [3.8, 4) is 0 Å². The Kier molecular flexibility index (Phi) is 2.65. The van der Waals surface area contributed by atoms with E-state index in [0.29, 0.717) is 24.0 Å². The van der Waals surface area contributed by atoms with Crippen molar-refractivity contribution in [1.82, 2.24) is 0 Å². The smallest absolute Gasteiger partial charge is 0.160 e. The van der Waals surface area contributed by atoms with E-state index in [1.54, 1.807) is 0 Å². The maximum atomic E-state index is 12.0. The lowest BCUT2D eigenvalue weighted by Crippen LogP contribution is -2.64. The van der Waals surface area contributed by atoms with Gasteiger partial charge in [0.2, 0.25) is 0 Å². The zero-order chi connectivity index (χ0) is 15.9. The highest BCUT2D eigenvalue weighted by Crippen LogP contribution is 2.73. The van der Waals surface area contributed by atoms with Crippen molar-refractivity contribution in [2.24, 2.45) is 28.6 Å². The predicted molar refractivity (Wildman–Crippen MR) is 80.7 cm³/mol. The average molecular weight is 304 g/mol. The van der Waals surface area contributed by atoms with Crippen molar-refractivity contribution in [2.45, 2.75) is 44.8 Å². The average Bonchev–Trinajstić information content (AvgIpc) is 2.83. The Morgan fingerprint density at radius 3 is 2.73 bits per heavy atom.